The number of sulfonamides is 1. The molecule has 0 aliphatic carbocycles. The van der Waals surface area contributed by atoms with Crippen molar-refractivity contribution < 1.29 is 17.9 Å². The molecule has 0 spiro atoms. The molecule has 2 aliphatic heterocycles. The van der Waals surface area contributed by atoms with Crippen molar-refractivity contribution in [3.63, 3.8) is 0 Å². The number of fused-ring (bicyclic) bond motifs is 1. The minimum Gasteiger partial charge on any atom is -0.444 e. The van der Waals surface area contributed by atoms with Gasteiger partial charge in [0.05, 0.1) is 4.90 Å². The molecule has 25 heavy (non-hydrogen) atoms. The van der Waals surface area contributed by atoms with E-state index in [2.05, 4.69) is 15.9 Å². The van der Waals surface area contributed by atoms with Crippen molar-refractivity contribution in [3.05, 3.63) is 28.7 Å². The van der Waals surface area contributed by atoms with Gasteiger partial charge >= 0.3 is 6.09 Å². The fraction of sp³-hybridized carbons (Fsp3) is 0.588. The molecular weight excluding hydrogens is 408 g/mol. The number of carbonyl (C=O) groups is 1. The molecule has 2 aliphatic rings. The van der Waals surface area contributed by atoms with Gasteiger partial charge in [-0.15, -0.1) is 0 Å². The van der Waals surface area contributed by atoms with Crippen LogP contribution in [-0.2, 0) is 14.8 Å². The Labute approximate surface area is 157 Å². The second-order valence-corrected chi connectivity index (χ2v) is 10.4. The van der Waals surface area contributed by atoms with Gasteiger partial charge in [-0.3, -0.25) is 0 Å². The van der Waals surface area contributed by atoms with Crippen molar-refractivity contribution in [2.75, 3.05) is 19.6 Å². The molecule has 1 amide bonds. The molecule has 2 fully saturated rings. The Bertz CT molecular complexity index is 758. The van der Waals surface area contributed by atoms with Crippen LogP contribution in [0, 0.1) is 5.92 Å². The van der Waals surface area contributed by atoms with Crippen LogP contribution in [0.5, 0.6) is 0 Å². The number of carbonyl (C=O) groups excluding carboxylic acids is 1. The molecule has 0 bridgehead atoms. The Hall–Kier alpha value is -1.12. The average molecular weight is 431 g/mol. The number of likely N-dealkylation sites (tertiary alicyclic amines) is 1. The lowest BCUT2D eigenvalue weighted by atomic mass is 10.1. The standard InChI is InChI=1S/C17H23BrN2O4S/c1-17(2,3)24-16(21)19-10-12-8-9-20(15(12)11-19)25(22,23)14-6-4-13(18)5-7-14/h4-7,12,15H,8-11H2,1-3H3/t12-,15+/m1/s1. The zero-order valence-corrected chi connectivity index (χ0v) is 17.0. The van der Waals surface area contributed by atoms with Gasteiger partial charge in [-0.1, -0.05) is 15.9 Å². The highest BCUT2D eigenvalue weighted by molar-refractivity contribution is 9.10. The molecule has 0 aromatic heterocycles. The lowest BCUT2D eigenvalue weighted by Gasteiger charge is -2.26. The largest absolute Gasteiger partial charge is 0.444 e. The maximum Gasteiger partial charge on any atom is 0.410 e. The number of ether oxygens (including phenoxy) is 1. The molecule has 0 N–H and O–H groups in total. The number of halogens is 1. The summed E-state index contributed by atoms with van der Waals surface area (Å²) in [6.45, 7) is 6.90. The zero-order valence-electron chi connectivity index (χ0n) is 14.6. The Morgan fingerprint density at radius 2 is 1.84 bits per heavy atom. The summed E-state index contributed by atoms with van der Waals surface area (Å²) < 4.78 is 33.7. The van der Waals surface area contributed by atoms with Crippen LogP contribution in [0.1, 0.15) is 27.2 Å². The second-order valence-electron chi connectivity index (χ2n) is 7.57. The first-order chi connectivity index (χ1) is 11.6. The van der Waals surface area contributed by atoms with E-state index in [1.165, 1.54) is 0 Å². The van der Waals surface area contributed by atoms with Crippen molar-refractivity contribution in [2.45, 2.75) is 43.7 Å². The molecule has 1 aromatic carbocycles. The highest BCUT2D eigenvalue weighted by atomic mass is 79.9. The summed E-state index contributed by atoms with van der Waals surface area (Å²) in [6.07, 6.45) is 0.391. The van der Waals surface area contributed by atoms with Crippen molar-refractivity contribution in [2.24, 2.45) is 5.92 Å². The lowest BCUT2D eigenvalue weighted by Crippen LogP contribution is -2.41. The Balaban J connectivity index is 1.76. The van der Waals surface area contributed by atoms with Crippen LogP contribution in [0.25, 0.3) is 0 Å². The predicted octanol–water partition coefficient (Wildman–Crippen LogP) is 3.08. The van der Waals surface area contributed by atoms with Crippen LogP contribution >= 0.6 is 15.9 Å². The smallest absolute Gasteiger partial charge is 0.410 e. The molecule has 2 atom stereocenters. The molecular formula is C17H23BrN2O4S. The summed E-state index contributed by atoms with van der Waals surface area (Å²) in [5.74, 6) is 0.165. The molecule has 6 nitrogen and oxygen atoms in total. The van der Waals surface area contributed by atoms with Crippen LogP contribution in [0.3, 0.4) is 0 Å². The van der Waals surface area contributed by atoms with Crippen molar-refractivity contribution >= 4 is 32.0 Å². The summed E-state index contributed by atoms with van der Waals surface area (Å²) in [5, 5.41) is 0. The number of nitrogens with zero attached hydrogens (tertiary/aromatic N) is 2. The van der Waals surface area contributed by atoms with Crippen LogP contribution < -0.4 is 0 Å². The number of rotatable bonds is 2. The molecule has 138 valence electrons. The quantitative estimate of drug-likeness (QED) is 0.722. The van der Waals surface area contributed by atoms with Gasteiger partial charge in [0.15, 0.2) is 0 Å². The Morgan fingerprint density at radius 3 is 2.44 bits per heavy atom. The van der Waals surface area contributed by atoms with Gasteiger partial charge < -0.3 is 9.64 Å². The van der Waals surface area contributed by atoms with Gasteiger partial charge in [0.25, 0.3) is 0 Å². The fourth-order valence-corrected chi connectivity index (χ4v) is 5.40. The van der Waals surface area contributed by atoms with Crippen molar-refractivity contribution in [1.82, 2.24) is 9.21 Å². The van der Waals surface area contributed by atoms with E-state index in [-0.39, 0.29) is 22.9 Å². The summed E-state index contributed by atoms with van der Waals surface area (Å²) in [5.41, 5.74) is -0.558. The molecule has 3 rings (SSSR count). The SMILES string of the molecule is CC(C)(C)OC(=O)N1C[C@H]2CCN(S(=O)(=O)c3ccc(Br)cc3)[C@H]2C1. The number of hydrogen-bond acceptors (Lipinski definition) is 4. The van der Waals surface area contributed by atoms with E-state index >= 15 is 0 Å². The van der Waals surface area contributed by atoms with Crippen LogP contribution in [0.4, 0.5) is 4.79 Å². The topological polar surface area (TPSA) is 66.9 Å². The summed E-state index contributed by atoms with van der Waals surface area (Å²) in [7, 11) is -3.56. The van der Waals surface area contributed by atoms with E-state index in [0.29, 0.717) is 19.6 Å². The second kappa shape index (κ2) is 6.55. The maximum absolute atomic E-state index is 13.0. The van der Waals surface area contributed by atoms with Gasteiger partial charge in [0, 0.05) is 30.1 Å². The first-order valence-corrected chi connectivity index (χ1v) is 10.6. The molecule has 0 unspecified atom stereocenters. The highest BCUT2D eigenvalue weighted by Gasteiger charge is 2.48. The van der Waals surface area contributed by atoms with Gasteiger partial charge in [0.1, 0.15) is 5.60 Å². The zero-order chi connectivity index (χ0) is 18.4. The normalized spacial score (nSPS) is 24.4. The van der Waals surface area contributed by atoms with E-state index in [1.807, 2.05) is 20.8 Å². The van der Waals surface area contributed by atoms with Gasteiger partial charge in [0.2, 0.25) is 10.0 Å². The molecule has 1 aromatic rings. The summed E-state index contributed by atoms with van der Waals surface area (Å²) in [6, 6.07) is 6.48. The number of hydrogen-bond donors (Lipinski definition) is 0. The number of amides is 1. The van der Waals surface area contributed by atoms with Gasteiger partial charge in [-0.2, -0.15) is 4.31 Å². The first kappa shape index (κ1) is 18.7. The van der Waals surface area contributed by atoms with E-state index in [1.54, 1.807) is 33.5 Å². The van der Waals surface area contributed by atoms with Crippen LogP contribution in [-0.4, -0.2) is 55.0 Å². The molecule has 2 saturated heterocycles. The molecule has 0 saturated carbocycles. The van der Waals surface area contributed by atoms with E-state index in [4.69, 9.17) is 4.74 Å². The van der Waals surface area contributed by atoms with E-state index < -0.39 is 15.6 Å². The highest BCUT2D eigenvalue weighted by Crippen LogP contribution is 2.36. The third-order valence-corrected chi connectivity index (χ3v) is 7.04. The third-order valence-electron chi connectivity index (χ3n) is 4.57. The summed E-state index contributed by atoms with van der Waals surface area (Å²) >= 11 is 3.32. The molecule has 0 radical (unpaired) electrons. The van der Waals surface area contributed by atoms with Crippen LogP contribution in [0.2, 0.25) is 0 Å². The van der Waals surface area contributed by atoms with Crippen LogP contribution in [0.15, 0.2) is 33.6 Å². The van der Waals surface area contributed by atoms with Gasteiger partial charge in [-0.25, -0.2) is 13.2 Å². The number of benzene rings is 1. The monoisotopic (exact) mass is 430 g/mol. The van der Waals surface area contributed by atoms with Crippen molar-refractivity contribution in [1.29, 1.82) is 0 Å². The Morgan fingerprint density at radius 1 is 1.20 bits per heavy atom. The van der Waals surface area contributed by atoms with E-state index in [0.717, 1.165) is 10.9 Å². The fourth-order valence-electron chi connectivity index (χ4n) is 3.44. The first-order valence-electron chi connectivity index (χ1n) is 8.33. The third kappa shape index (κ3) is 3.85. The predicted molar refractivity (Wildman–Crippen MR) is 97.7 cm³/mol. The minimum absolute atomic E-state index is 0.165. The van der Waals surface area contributed by atoms with E-state index in [9.17, 15) is 13.2 Å². The van der Waals surface area contributed by atoms with Gasteiger partial charge in [-0.05, 0) is 57.4 Å². The molecule has 8 heteroatoms. The molecule has 2 heterocycles. The Kier molecular flexibility index (Phi) is 4.89. The van der Waals surface area contributed by atoms with Crippen molar-refractivity contribution in [3.8, 4) is 0 Å². The minimum atomic E-state index is -3.56. The average Bonchev–Trinajstić information content (AvgIpc) is 3.05. The maximum atomic E-state index is 13.0. The lowest BCUT2D eigenvalue weighted by molar-refractivity contribution is 0.0278. The summed E-state index contributed by atoms with van der Waals surface area (Å²) in [4.78, 5) is 14.2.